The molecule has 2 aromatic carbocycles. The molecule has 0 aliphatic rings. The predicted octanol–water partition coefficient (Wildman–Crippen LogP) is 3.40. The number of rotatable bonds is 4. The van der Waals surface area contributed by atoms with Crippen LogP contribution in [0.1, 0.15) is 11.1 Å². The highest BCUT2D eigenvalue weighted by molar-refractivity contribution is 6.01. The first kappa shape index (κ1) is 11.2. The highest BCUT2D eigenvalue weighted by Crippen LogP contribution is 2.08. The van der Waals surface area contributed by atoms with Gasteiger partial charge in [-0.2, -0.15) is 0 Å². The zero-order chi connectivity index (χ0) is 11.9. The molecule has 2 aromatic rings. The van der Waals surface area contributed by atoms with Crippen molar-refractivity contribution < 1.29 is 0 Å². The van der Waals surface area contributed by atoms with Crippen LogP contribution >= 0.6 is 0 Å². The molecule has 0 amide bonds. The highest BCUT2D eigenvalue weighted by Gasteiger charge is 2.04. The molecular formula is C14H12N2O. The first-order valence-corrected chi connectivity index (χ1v) is 5.38. The molecule has 0 aliphatic carbocycles. The molecule has 2 rings (SSSR count). The Morgan fingerprint density at radius 2 is 1.47 bits per heavy atom. The quantitative estimate of drug-likeness (QED) is 0.446. The normalized spacial score (nSPS) is 11.2. The molecule has 0 aliphatic heterocycles. The second kappa shape index (κ2) is 5.70. The van der Waals surface area contributed by atoms with Gasteiger partial charge in [-0.15, -0.1) is 10.0 Å². The predicted molar refractivity (Wildman–Crippen MR) is 68.9 cm³/mol. The van der Waals surface area contributed by atoms with Crippen LogP contribution in [0, 0.1) is 4.91 Å². The van der Waals surface area contributed by atoms with Crippen LogP contribution in [-0.4, -0.2) is 5.71 Å². The average Bonchev–Trinajstić information content (AvgIpc) is 2.40. The van der Waals surface area contributed by atoms with Gasteiger partial charge in [0.2, 0.25) is 0 Å². The summed E-state index contributed by atoms with van der Waals surface area (Å²) in [5.74, 6) is 0. The minimum Gasteiger partial charge on any atom is -0.123 e. The molecule has 0 atom stereocenters. The van der Waals surface area contributed by atoms with Gasteiger partial charge in [0.1, 0.15) is 0 Å². The van der Waals surface area contributed by atoms with E-state index in [4.69, 9.17) is 0 Å². The van der Waals surface area contributed by atoms with Crippen LogP contribution in [0.25, 0.3) is 0 Å². The summed E-state index contributed by atoms with van der Waals surface area (Å²) in [5, 5.41) is 6.32. The zero-order valence-corrected chi connectivity index (χ0v) is 9.28. The lowest BCUT2D eigenvalue weighted by atomic mass is 10.0. The maximum Gasteiger partial charge on any atom is 0.0800 e. The lowest BCUT2D eigenvalue weighted by molar-refractivity contribution is 1.17. The van der Waals surface area contributed by atoms with Crippen LogP contribution in [0.15, 0.2) is 71.1 Å². The molecular weight excluding hydrogens is 212 g/mol. The molecule has 17 heavy (non-hydrogen) atoms. The van der Waals surface area contributed by atoms with Gasteiger partial charge in [0, 0.05) is 6.42 Å². The fraction of sp³-hybridized carbons (Fsp3) is 0.0714. The van der Waals surface area contributed by atoms with E-state index in [1.165, 1.54) is 0 Å². The molecule has 0 N–H and O–H groups in total. The fourth-order valence-corrected chi connectivity index (χ4v) is 1.66. The van der Waals surface area contributed by atoms with Crippen molar-refractivity contribution in [1.29, 1.82) is 0 Å². The smallest absolute Gasteiger partial charge is 0.0800 e. The van der Waals surface area contributed by atoms with E-state index in [1.54, 1.807) is 0 Å². The number of hydrogen-bond acceptors (Lipinski definition) is 2. The van der Waals surface area contributed by atoms with Crippen molar-refractivity contribution in [2.24, 2.45) is 10.4 Å². The van der Waals surface area contributed by atoms with Crippen LogP contribution < -0.4 is 0 Å². The molecule has 0 saturated carbocycles. The standard InChI is InChI=1S/C14H12N2O/c17-16-15-14(13-9-5-2-6-10-13)11-12-7-3-1-4-8-12/h1-10H,11H2. The third-order valence-electron chi connectivity index (χ3n) is 2.48. The first-order chi connectivity index (χ1) is 8.40. The van der Waals surface area contributed by atoms with Crippen molar-refractivity contribution in [2.75, 3.05) is 0 Å². The van der Waals surface area contributed by atoms with Crippen molar-refractivity contribution in [3.8, 4) is 0 Å². The molecule has 0 spiro atoms. The SMILES string of the molecule is O=NN=C(Cc1ccccc1)c1ccccc1. The zero-order valence-electron chi connectivity index (χ0n) is 9.28. The second-order valence-corrected chi connectivity index (χ2v) is 3.66. The molecule has 0 saturated heterocycles. The summed E-state index contributed by atoms with van der Waals surface area (Å²) in [6.45, 7) is 0. The molecule has 0 radical (unpaired) electrons. The van der Waals surface area contributed by atoms with Gasteiger partial charge in [-0.05, 0) is 11.1 Å². The molecule has 0 unspecified atom stereocenters. The number of benzene rings is 2. The van der Waals surface area contributed by atoms with E-state index in [1.807, 2.05) is 60.7 Å². The Labute approximate surface area is 99.8 Å². The van der Waals surface area contributed by atoms with Gasteiger partial charge in [0.15, 0.2) is 0 Å². The number of nitrogens with zero attached hydrogens (tertiary/aromatic N) is 2. The molecule has 0 fully saturated rings. The molecule has 0 heterocycles. The molecule has 0 bridgehead atoms. The minimum atomic E-state index is 0.608. The molecule has 0 aromatic heterocycles. The first-order valence-electron chi connectivity index (χ1n) is 5.38. The monoisotopic (exact) mass is 224 g/mol. The Balaban J connectivity index is 2.26. The van der Waals surface area contributed by atoms with E-state index in [0.29, 0.717) is 12.1 Å². The Hall–Kier alpha value is -2.29. The van der Waals surface area contributed by atoms with Crippen LogP contribution in [0.4, 0.5) is 0 Å². The maximum atomic E-state index is 10.3. The lowest BCUT2D eigenvalue weighted by Gasteiger charge is -2.04. The lowest BCUT2D eigenvalue weighted by Crippen LogP contribution is -2.04. The third kappa shape index (κ3) is 3.08. The van der Waals surface area contributed by atoms with Gasteiger partial charge in [-0.3, -0.25) is 0 Å². The summed E-state index contributed by atoms with van der Waals surface area (Å²) >= 11 is 0. The van der Waals surface area contributed by atoms with Crippen molar-refractivity contribution in [3.63, 3.8) is 0 Å². The van der Waals surface area contributed by atoms with Gasteiger partial charge in [-0.25, -0.2) is 0 Å². The largest absolute Gasteiger partial charge is 0.123 e. The van der Waals surface area contributed by atoms with E-state index in [9.17, 15) is 4.91 Å². The summed E-state index contributed by atoms with van der Waals surface area (Å²) in [6, 6.07) is 19.5. The average molecular weight is 224 g/mol. The van der Waals surface area contributed by atoms with Gasteiger partial charge < -0.3 is 0 Å². The molecule has 3 heteroatoms. The van der Waals surface area contributed by atoms with E-state index >= 15 is 0 Å². The van der Waals surface area contributed by atoms with E-state index in [-0.39, 0.29) is 0 Å². The maximum absolute atomic E-state index is 10.3. The number of nitroso groups, excluding NO2 is 1. The van der Waals surface area contributed by atoms with Gasteiger partial charge in [0.25, 0.3) is 0 Å². The van der Waals surface area contributed by atoms with Crippen LogP contribution in [0.3, 0.4) is 0 Å². The van der Waals surface area contributed by atoms with E-state index < -0.39 is 0 Å². The van der Waals surface area contributed by atoms with E-state index in [0.717, 1.165) is 11.1 Å². The van der Waals surface area contributed by atoms with Crippen LogP contribution in [0.5, 0.6) is 0 Å². The van der Waals surface area contributed by atoms with E-state index in [2.05, 4.69) is 10.4 Å². The van der Waals surface area contributed by atoms with Crippen LogP contribution in [-0.2, 0) is 6.42 Å². The summed E-state index contributed by atoms with van der Waals surface area (Å²) in [6.07, 6.45) is 0.608. The van der Waals surface area contributed by atoms with Gasteiger partial charge in [0.05, 0.1) is 11.0 Å². The fourth-order valence-electron chi connectivity index (χ4n) is 1.66. The molecule has 84 valence electrons. The van der Waals surface area contributed by atoms with Gasteiger partial charge in [-0.1, -0.05) is 60.7 Å². The number of hydrogen-bond donors (Lipinski definition) is 0. The summed E-state index contributed by atoms with van der Waals surface area (Å²) in [4.78, 5) is 10.3. The highest BCUT2D eigenvalue weighted by atomic mass is 16.3. The Morgan fingerprint density at radius 3 is 2.06 bits per heavy atom. The van der Waals surface area contributed by atoms with Crippen molar-refractivity contribution in [2.45, 2.75) is 6.42 Å². The third-order valence-corrected chi connectivity index (χ3v) is 2.48. The van der Waals surface area contributed by atoms with Crippen LogP contribution in [0.2, 0.25) is 0 Å². The summed E-state index contributed by atoms with van der Waals surface area (Å²) in [7, 11) is 0. The summed E-state index contributed by atoms with van der Waals surface area (Å²) < 4.78 is 0. The van der Waals surface area contributed by atoms with Crippen molar-refractivity contribution in [1.82, 2.24) is 0 Å². The Morgan fingerprint density at radius 1 is 0.882 bits per heavy atom. The topological polar surface area (TPSA) is 41.8 Å². The van der Waals surface area contributed by atoms with Crippen molar-refractivity contribution in [3.05, 3.63) is 76.7 Å². The Kier molecular flexibility index (Phi) is 3.76. The Bertz CT molecular complexity index is 506. The van der Waals surface area contributed by atoms with Crippen molar-refractivity contribution >= 4 is 5.71 Å². The minimum absolute atomic E-state index is 0.608. The second-order valence-electron chi connectivity index (χ2n) is 3.66. The summed E-state index contributed by atoms with van der Waals surface area (Å²) in [5.41, 5.74) is 2.72. The van der Waals surface area contributed by atoms with Gasteiger partial charge >= 0.3 is 0 Å². The molecule has 3 nitrogen and oxygen atoms in total.